The summed E-state index contributed by atoms with van der Waals surface area (Å²) in [5.41, 5.74) is 1.21. The SMILES string of the molecule is Brc1ccc(Br)c(NC2CCCC2C2CCCCN2)c1. The van der Waals surface area contributed by atoms with Gasteiger partial charge in [-0.2, -0.15) is 0 Å². The molecule has 1 aromatic rings. The van der Waals surface area contributed by atoms with Crippen LogP contribution in [0, 0.1) is 5.92 Å². The van der Waals surface area contributed by atoms with Crippen molar-refractivity contribution in [1.82, 2.24) is 5.32 Å². The van der Waals surface area contributed by atoms with Crippen molar-refractivity contribution in [3.05, 3.63) is 27.1 Å². The van der Waals surface area contributed by atoms with E-state index in [4.69, 9.17) is 0 Å². The van der Waals surface area contributed by atoms with Crippen molar-refractivity contribution < 1.29 is 0 Å². The molecule has 3 atom stereocenters. The fourth-order valence-corrected chi connectivity index (χ4v) is 4.42. The maximum absolute atomic E-state index is 3.78. The van der Waals surface area contributed by atoms with E-state index >= 15 is 0 Å². The van der Waals surface area contributed by atoms with Crippen molar-refractivity contribution >= 4 is 37.5 Å². The van der Waals surface area contributed by atoms with Crippen LogP contribution < -0.4 is 10.6 Å². The van der Waals surface area contributed by atoms with Gasteiger partial charge in [-0.1, -0.05) is 28.8 Å². The summed E-state index contributed by atoms with van der Waals surface area (Å²) in [7, 11) is 0. The van der Waals surface area contributed by atoms with Crippen LogP contribution in [0.4, 0.5) is 5.69 Å². The van der Waals surface area contributed by atoms with E-state index in [2.05, 4.69) is 60.7 Å². The fraction of sp³-hybridized carbons (Fsp3) is 0.625. The van der Waals surface area contributed by atoms with E-state index in [9.17, 15) is 0 Å². The third-order valence-corrected chi connectivity index (χ3v) is 5.89. The first-order valence-electron chi connectivity index (χ1n) is 7.69. The van der Waals surface area contributed by atoms with Gasteiger partial charge in [-0.05, 0) is 72.3 Å². The van der Waals surface area contributed by atoms with Crippen molar-refractivity contribution in [2.75, 3.05) is 11.9 Å². The Morgan fingerprint density at radius 1 is 1.05 bits per heavy atom. The number of halogens is 2. The molecule has 3 rings (SSSR count). The molecule has 1 saturated carbocycles. The summed E-state index contributed by atoms with van der Waals surface area (Å²) in [5, 5.41) is 7.52. The lowest BCUT2D eigenvalue weighted by Gasteiger charge is -2.33. The number of anilines is 1. The zero-order valence-electron chi connectivity index (χ0n) is 11.7. The van der Waals surface area contributed by atoms with Gasteiger partial charge in [0.15, 0.2) is 0 Å². The molecular formula is C16H22Br2N2. The molecule has 0 spiro atoms. The van der Waals surface area contributed by atoms with E-state index < -0.39 is 0 Å². The predicted octanol–water partition coefficient (Wildman–Crippen LogP) is 4.93. The lowest BCUT2D eigenvalue weighted by atomic mass is 9.88. The standard InChI is InChI=1S/C16H22Br2N2/c17-11-7-8-13(18)16(10-11)20-15-6-3-4-12(15)14-5-1-2-9-19-14/h7-8,10,12,14-15,19-20H,1-6,9H2. The summed E-state index contributed by atoms with van der Waals surface area (Å²) in [6, 6.07) is 7.68. The number of hydrogen-bond donors (Lipinski definition) is 2. The van der Waals surface area contributed by atoms with Gasteiger partial charge in [0.1, 0.15) is 0 Å². The molecule has 110 valence electrons. The van der Waals surface area contributed by atoms with Gasteiger partial charge in [0, 0.05) is 26.7 Å². The quantitative estimate of drug-likeness (QED) is 0.749. The van der Waals surface area contributed by atoms with Crippen LogP contribution in [0.1, 0.15) is 38.5 Å². The van der Waals surface area contributed by atoms with Gasteiger partial charge in [-0.15, -0.1) is 0 Å². The van der Waals surface area contributed by atoms with Gasteiger partial charge < -0.3 is 10.6 Å². The molecule has 20 heavy (non-hydrogen) atoms. The first kappa shape index (κ1) is 14.9. The molecule has 2 N–H and O–H groups in total. The fourth-order valence-electron chi connectivity index (χ4n) is 3.70. The van der Waals surface area contributed by atoms with Crippen LogP contribution in [0.25, 0.3) is 0 Å². The maximum Gasteiger partial charge on any atom is 0.0498 e. The summed E-state index contributed by atoms with van der Waals surface area (Å²) >= 11 is 7.22. The number of rotatable bonds is 3. The van der Waals surface area contributed by atoms with Crippen molar-refractivity contribution in [1.29, 1.82) is 0 Å². The van der Waals surface area contributed by atoms with E-state index in [0.717, 1.165) is 20.9 Å². The summed E-state index contributed by atoms with van der Waals surface area (Å²) < 4.78 is 2.29. The lowest BCUT2D eigenvalue weighted by molar-refractivity contribution is 0.286. The molecule has 2 aliphatic rings. The van der Waals surface area contributed by atoms with Gasteiger partial charge >= 0.3 is 0 Å². The first-order valence-corrected chi connectivity index (χ1v) is 9.27. The Balaban J connectivity index is 1.70. The Bertz CT molecular complexity index is 458. The third-order valence-electron chi connectivity index (χ3n) is 4.70. The second kappa shape index (κ2) is 6.80. The van der Waals surface area contributed by atoms with Gasteiger partial charge in [-0.25, -0.2) is 0 Å². The highest BCUT2D eigenvalue weighted by Crippen LogP contribution is 2.36. The number of nitrogens with one attached hydrogen (secondary N) is 2. The molecule has 1 aliphatic heterocycles. The highest BCUT2D eigenvalue weighted by atomic mass is 79.9. The summed E-state index contributed by atoms with van der Waals surface area (Å²) in [6.45, 7) is 1.20. The molecule has 2 nitrogen and oxygen atoms in total. The van der Waals surface area contributed by atoms with Crippen LogP contribution >= 0.6 is 31.9 Å². The normalized spacial score (nSPS) is 30.4. The molecular weight excluding hydrogens is 380 g/mol. The second-order valence-corrected chi connectivity index (χ2v) is 7.80. The van der Waals surface area contributed by atoms with Gasteiger partial charge in [0.2, 0.25) is 0 Å². The van der Waals surface area contributed by atoms with E-state index in [1.54, 1.807) is 0 Å². The minimum Gasteiger partial charge on any atom is -0.381 e. The van der Waals surface area contributed by atoms with Crippen molar-refractivity contribution in [2.24, 2.45) is 5.92 Å². The molecule has 1 aliphatic carbocycles. The zero-order chi connectivity index (χ0) is 13.9. The summed E-state index contributed by atoms with van der Waals surface area (Å²) in [4.78, 5) is 0. The monoisotopic (exact) mass is 400 g/mol. The van der Waals surface area contributed by atoms with Gasteiger partial charge in [0.05, 0.1) is 0 Å². The second-order valence-electron chi connectivity index (χ2n) is 6.03. The van der Waals surface area contributed by atoms with E-state index in [1.807, 2.05) is 0 Å². The van der Waals surface area contributed by atoms with E-state index in [-0.39, 0.29) is 0 Å². The molecule has 2 fully saturated rings. The lowest BCUT2D eigenvalue weighted by Crippen LogP contribution is -2.44. The molecule has 1 heterocycles. The third kappa shape index (κ3) is 3.40. The van der Waals surface area contributed by atoms with Crippen molar-refractivity contribution in [2.45, 2.75) is 50.6 Å². The molecule has 1 aromatic carbocycles. The molecule has 0 amide bonds. The average molecular weight is 402 g/mol. The molecule has 4 heteroatoms. The Hall–Kier alpha value is -0.0600. The average Bonchev–Trinajstić information content (AvgIpc) is 2.92. The maximum atomic E-state index is 3.78. The molecule has 1 saturated heterocycles. The molecule has 0 aromatic heterocycles. The topological polar surface area (TPSA) is 24.1 Å². The first-order chi connectivity index (χ1) is 9.74. The van der Waals surface area contributed by atoms with E-state index in [1.165, 1.54) is 50.8 Å². The minimum atomic E-state index is 0.608. The van der Waals surface area contributed by atoms with Crippen molar-refractivity contribution in [3.8, 4) is 0 Å². The Morgan fingerprint density at radius 2 is 1.95 bits per heavy atom. The number of hydrogen-bond acceptors (Lipinski definition) is 2. The number of piperidine rings is 1. The molecule has 0 radical (unpaired) electrons. The Labute approximate surface area is 138 Å². The predicted molar refractivity (Wildman–Crippen MR) is 92.2 cm³/mol. The van der Waals surface area contributed by atoms with Crippen LogP contribution in [0.5, 0.6) is 0 Å². The van der Waals surface area contributed by atoms with E-state index in [0.29, 0.717) is 6.04 Å². The van der Waals surface area contributed by atoms with Crippen LogP contribution in [-0.2, 0) is 0 Å². The molecule has 3 unspecified atom stereocenters. The summed E-state index contributed by atoms with van der Waals surface area (Å²) in [5.74, 6) is 0.779. The smallest absolute Gasteiger partial charge is 0.0498 e. The van der Waals surface area contributed by atoms with Crippen LogP contribution in [0.2, 0.25) is 0 Å². The minimum absolute atomic E-state index is 0.608. The van der Waals surface area contributed by atoms with Crippen LogP contribution in [-0.4, -0.2) is 18.6 Å². The zero-order valence-corrected chi connectivity index (χ0v) is 14.8. The van der Waals surface area contributed by atoms with Crippen LogP contribution in [0.15, 0.2) is 27.1 Å². The van der Waals surface area contributed by atoms with Crippen LogP contribution in [0.3, 0.4) is 0 Å². The largest absolute Gasteiger partial charge is 0.381 e. The Kier molecular flexibility index (Phi) is 5.05. The van der Waals surface area contributed by atoms with Crippen molar-refractivity contribution in [3.63, 3.8) is 0 Å². The van der Waals surface area contributed by atoms with Gasteiger partial charge in [-0.3, -0.25) is 0 Å². The number of benzene rings is 1. The summed E-state index contributed by atoms with van der Waals surface area (Å²) in [6.07, 6.45) is 8.09. The highest BCUT2D eigenvalue weighted by Gasteiger charge is 2.34. The highest BCUT2D eigenvalue weighted by molar-refractivity contribution is 9.11. The van der Waals surface area contributed by atoms with Gasteiger partial charge in [0.25, 0.3) is 0 Å². The Morgan fingerprint density at radius 3 is 2.75 bits per heavy atom. The molecule has 0 bridgehead atoms.